The Morgan fingerprint density at radius 1 is 1.00 bits per heavy atom. The number of hydrogen-bond acceptors (Lipinski definition) is 0. The first-order valence-corrected chi connectivity index (χ1v) is 4.64. The molecule has 1 heteroatoms. The summed E-state index contributed by atoms with van der Waals surface area (Å²) in [6.07, 6.45) is 3.26. The van der Waals surface area contributed by atoms with Gasteiger partial charge in [0.15, 0.2) is 0 Å². The lowest BCUT2D eigenvalue weighted by atomic mass is 9.72. The summed E-state index contributed by atoms with van der Waals surface area (Å²) in [6, 6.07) is 0. The molecule has 0 saturated heterocycles. The fourth-order valence-corrected chi connectivity index (χ4v) is 1.92. The summed E-state index contributed by atoms with van der Waals surface area (Å²) in [5, 5.41) is 0. The van der Waals surface area contributed by atoms with Gasteiger partial charge < -0.3 is 0 Å². The molecule has 0 bridgehead atoms. The van der Waals surface area contributed by atoms with E-state index >= 15 is 0 Å². The summed E-state index contributed by atoms with van der Waals surface area (Å²) >= 11 is 0. The maximum Gasteiger partial charge on any atom is 0.100 e. The van der Waals surface area contributed by atoms with Crippen LogP contribution in [0.2, 0.25) is 0 Å². The molecule has 0 unspecified atom stereocenters. The number of hydrogen-bond donors (Lipinski definition) is 0. The van der Waals surface area contributed by atoms with Crippen molar-refractivity contribution in [2.75, 3.05) is 0 Å². The molecule has 0 heterocycles. The van der Waals surface area contributed by atoms with E-state index < -0.39 is 6.17 Å². The van der Waals surface area contributed by atoms with E-state index in [1.54, 1.807) is 0 Å². The van der Waals surface area contributed by atoms with Crippen LogP contribution in [-0.4, -0.2) is 6.17 Å². The van der Waals surface area contributed by atoms with E-state index in [9.17, 15) is 4.39 Å². The molecule has 11 heavy (non-hydrogen) atoms. The van der Waals surface area contributed by atoms with Gasteiger partial charge >= 0.3 is 0 Å². The lowest BCUT2D eigenvalue weighted by molar-refractivity contribution is 0.127. The minimum absolute atomic E-state index is 0.389. The van der Waals surface area contributed by atoms with E-state index in [-0.39, 0.29) is 0 Å². The summed E-state index contributed by atoms with van der Waals surface area (Å²) in [4.78, 5) is 0. The molecule has 1 fully saturated rings. The molecular weight excluding hydrogens is 139 g/mol. The normalized spacial score (nSPS) is 33.8. The Hall–Kier alpha value is -0.0700. The van der Waals surface area contributed by atoms with Gasteiger partial charge in [-0.3, -0.25) is 0 Å². The summed E-state index contributed by atoms with van der Waals surface area (Å²) in [5.74, 6) is 0.745. The molecule has 1 saturated carbocycles. The lowest BCUT2D eigenvalue weighted by Gasteiger charge is -2.34. The molecule has 0 spiro atoms. The van der Waals surface area contributed by atoms with Gasteiger partial charge in [0.1, 0.15) is 6.17 Å². The van der Waals surface area contributed by atoms with Crippen LogP contribution >= 0.6 is 0 Å². The fourth-order valence-electron chi connectivity index (χ4n) is 1.92. The fraction of sp³-hybridized carbons (Fsp3) is 1.00. The molecule has 0 aromatic heterocycles. The van der Waals surface area contributed by atoms with Crippen LogP contribution in [0.15, 0.2) is 0 Å². The monoisotopic (exact) mass is 158 g/mol. The Balaban J connectivity index is 2.39. The Kier molecular flexibility index (Phi) is 2.56. The highest BCUT2D eigenvalue weighted by Crippen LogP contribution is 2.38. The quantitative estimate of drug-likeness (QED) is 0.505. The predicted molar refractivity (Wildman–Crippen MR) is 46.3 cm³/mol. The largest absolute Gasteiger partial charge is 0.247 e. The van der Waals surface area contributed by atoms with Crippen molar-refractivity contribution in [3.8, 4) is 0 Å². The van der Waals surface area contributed by atoms with Crippen LogP contribution in [0.4, 0.5) is 4.39 Å². The van der Waals surface area contributed by atoms with E-state index in [2.05, 4.69) is 20.8 Å². The van der Waals surface area contributed by atoms with Crippen LogP contribution in [0, 0.1) is 11.3 Å². The van der Waals surface area contributed by atoms with Gasteiger partial charge in [0, 0.05) is 0 Å². The smallest absolute Gasteiger partial charge is 0.100 e. The van der Waals surface area contributed by atoms with Gasteiger partial charge in [0.25, 0.3) is 0 Å². The first-order valence-electron chi connectivity index (χ1n) is 4.64. The lowest BCUT2D eigenvalue weighted by Crippen LogP contribution is -2.26. The molecule has 0 aliphatic heterocycles. The van der Waals surface area contributed by atoms with E-state index in [1.807, 2.05) is 0 Å². The first kappa shape index (κ1) is 9.02. The van der Waals surface area contributed by atoms with Gasteiger partial charge in [-0.05, 0) is 37.0 Å². The molecular formula is C10H19F. The van der Waals surface area contributed by atoms with Gasteiger partial charge in [0.05, 0.1) is 0 Å². The third-order valence-electron chi connectivity index (χ3n) is 2.88. The minimum Gasteiger partial charge on any atom is -0.247 e. The molecule has 0 amide bonds. The number of halogens is 1. The molecule has 1 aliphatic rings. The van der Waals surface area contributed by atoms with Gasteiger partial charge in [-0.25, -0.2) is 4.39 Å². The van der Waals surface area contributed by atoms with Crippen molar-refractivity contribution in [2.24, 2.45) is 11.3 Å². The molecule has 0 N–H and O–H groups in total. The Morgan fingerprint density at radius 2 is 1.45 bits per heavy atom. The zero-order chi connectivity index (χ0) is 8.48. The standard InChI is InChI=1S/C10H19F/c1-10(2,3)8-4-6-9(11)7-5-8/h8-9H,4-7H2,1-3H3. The zero-order valence-corrected chi connectivity index (χ0v) is 7.86. The third kappa shape index (κ3) is 2.46. The predicted octanol–water partition coefficient (Wildman–Crippen LogP) is 3.56. The highest BCUT2D eigenvalue weighted by Gasteiger charge is 2.29. The molecule has 1 rings (SSSR count). The van der Waals surface area contributed by atoms with Crippen LogP contribution in [-0.2, 0) is 0 Å². The Bertz CT molecular complexity index is 115. The van der Waals surface area contributed by atoms with Crippen molar-refractivity contribution in [3.05, 3.63) is 0 Å². The van der Waals surface area contributed by atoms with Gasteiger partial charge in [-0.1, -0.05) is 20.8 Å². The van der Waals surface area contributed by atoms with E-state index in [4.69, 9.17) is 0 Å². The summed E-state index contributed by atoms with van der Waals surface area (Å²) in [5.41, 5.74) is 0.389. The van der Waals surface area contributed by atoms with Crippen molar-refractivity contribution >= 4 is 0 Å². The minimum atomic E-state index is -0.506. The maximum absolute atomic E-state index is 12.7. The summed E-state index contributed by atoms with van der Waals surface area (Å²) in [7, 11) is 0. The van der Waals surface area contributed by atoms with Crippen LogP contribution in [0.25, 0.3) is 0 Å². The van der Waals surface area contributed by atoms with Gasteiger partial charge in [-0.2, -0.15) is 0 Å². The summed E-state index contributed by atoms with van der Waals surface area (Å²) in [6.45, 7) is 6.78. The second-order valence-electron chi connectivity index (χ2n) is 4.81. The zero-order valence-electron chi connectivity index (χ0n) is 7.86. The molecule has 0 aromatic rings. The number of rotatable bonds is 0. The first-order chi connectivity index (χ1) is 5.00. The molecule has 0 nitrogen and oxygen atoms in total. The topological polar surface area (TPSA) is 0 Å². The molecule has 1 aliphatic carbocycles. The van der Waals surface area contributed by atoms with Gasteiger partial charge in [0.2, 0.25) is 0 Å². The van der Waals surface area contributed by atoms with Crippen LogP contribution in [0.1, 0.15) is 46.5 Å². The molecule has 0 atom stereocenters. The average Bonchev–Trinajstić information content (AvgIpc) is 1.86. The van der Waals surface area contributed by atoms with Crippen molar-refractivity contribution in [3.63, 3.8) is 0 Å². The van der Waals surface area contributed by atoms with E-state index in [0.717, 1.165) is 31.6 Å². The second-order valence-corrected chi connectivity index (χ2v) is 4.81. The van der Waals surface area contributed by atoms with E-state index in [0.29, 0.717) is 5.41 Å². The summed E-state index contributed by atoms with van der Waals surface area (Å²) < 4.78 is 12.7. The molecule has 66 valence electrons. The van der Waals surface area contributed by atoms with Gasteiger partial charge in [-0.15, -0.1) is 0 Å². The highest BCUT2D eigenvalue weighted by molar-refractivity contribution is 4.80. The SMILES string of the molecule is CC(C)(C)C1CCC(F)CC1. The van der Waals surface area contributed by atoms with Crippen molar-refractivity contribution in [1.82, 2.24) is 0 Å². The molecule has 0 aromatic carbocycles. The van der Waals surface area contributed by atoms with E-state index in [1.165, 1.54) is 0 Å². The van der Waals surface area contributed by atoms with Crippen molar-refractivity contribution in [2.45, 2.75) is 52.6 Å². The van der Waals surface area contributed by atoms with Crippen LogP contribution in [0.3, 0.4) is 0 Å². The molecule has 0 radical (unpaired) electrons. The Morgan fingerprint density at radius 3 is 1.82 bits per heavy atom. The third-order valence-corrected chi connectivity index (χ3v) is 2.88. The van der Waals surface area contributed by atoms with Crippen LogP contribution < -0.4 is 0 Å². The van der Waals surface area contributed by atoms with Crippen molar-refractivity contribution < 1.29 is 4.39 Å². The van der Waals surface area contributed by atoms with Crippen LogP contribution in [0.5, 0.6) is 0 Å². The highest BCUT2D eigenvalue weighted by atomic mass is 19.1. The average molecular weight is 158 g/mol. The van der Waals surface area contributed by atoms with Crippen molar-refractivity contribution in [1.29, 1.82) is 0 Å². The maximum atomic E-state index is 12.7. The Labute approximate surface area is 69.2 Å². The number of alkyl halides is 1. The second kappa shape index (κ2) is 3.12.